The van der Waals surface area contributed by atoms with Crippen LogP contribution >= 0.6 is 0 Å². The first-order valence-corrected chi connectivity index (χ1v) is 7.14. The number of benzene rings is 2. The third-order valence-corrected chi connectivity index (χ3v) is 4.18. The number of anilines is 1. The third kappa shape index (κ3) is 1.80. The van der Waals surface area contributed by atoms with E-state index >= 15 is 0 Å². The Labute approximate surface area is 123 Å². The smallest absolute Gasteiger partial charge is 0.238 e. The SMILES string of the molecule is O=C1CN2CCOC2(c2ccccc2)c2ccccc2N1. The van der Waals surface area contributed by atoms with Gasteiger partial charge in [-0.25, -0.2) is 0 Å². The molecule has 2 aliphatic rings. The van der Waals surface area contributed by atoms with Crippen molar-refractivity contribution in [3.8, 4) is 0 Å². The maximum absolute atomic E-state index is 12.2. The van der Waals surface area contributed by atoms with Gasteiger partial charge in [0.1, 0.15) is 0 Å². The Morgan fingerprint density at radius 3 is 2.67 bits per heavy atom. The zero-order chi connectivity index (χ0) is 14.3. The number of hydrogen-bond acceptors (Lipinski definition) is 3. The average molecular weight is 280 g/mol. The van der Waals surface area contributed by atoms with E-state index < -0.39 is 5.72 Å². The molecule has 1 atom stereocenters. The maximum atomic E-state index is 12.2. The molecule has 2 aromatic rings. The number of hydrogen-bond donors (Lipinski definition) is 1. The molecule has 1 amide bonds. The summed E-state index contributed by atoms with van der Waals surface area (Å²) in [7, 11) is 0. The number of amides is 1. The number of nitrogens with one attached hydrogen (secondary N) is 1. The van der Waals surface area contributed by atoms with Crippen LogP contribution in [0, 0.1) is 0 Å². The van der Waals surface area contributed by atoms with E-state index in [1.54, 1.807) is 0 Å². The lowest BCUT2D eigenvalue weighted by atomic mass is 9.92. The zero-order valence-corrected chi connectivity index (χ0v) is 11.6. The fourth-order valence-corrected chi connectivity index (χ4v) is 3.33. The van der Waals surface area contributed by atoms with Gasteiger partial charge in [-0.2, -0.15) is 0 Å². The summed E-state index contributed by atoms with van der Waals surface area (Å²) in [4.78, 5) is 14.3. The van der Waals surface area contributed by atoms with E-state index in [1.807, 2.05) is 42.5 Å². The van der Waals surface area contributed by atoms with Crippen LogP contribution in [0.2, 0.25) is 0 Å². The summed E-state index contributed by atoms with van der Waals surface area (Å²) in [5.74, 6) is 0.00533. The largest absolute Gasteiger partial charge is 0.350 e. The van der Waals surface area contributed by atoms with Crippen LogP contribution in [0.5, 0.6) is 0 Å². The minimum Gasteiger partial charge on any atom is -0.350 e. The number of carbonyl (C=O) groups excluding carboxylic acids is 1. The summed E-state index contributed by atoms with van der Waals surface area (Å²) >= 11 is 0. The molecule has 1 N–H and O–H groups in total. The number of ether oxygens (including phenoxy) is 1. The van der Waals surface area contributed by atoms with Crippen molar-refractivity contribution >= 4 is 11.6 Å². The number of para-hydroxylation sites is 1. The van der Waals surface area contributed by atoms with Gasteiger partial charge in [0.15, 0.2) is 5.72 Å². The molecular formula is C17H16N2O2. The molecular weight excluding hydrogens is 264 g/mol. The van der Waals surface area contributed by atoms with E-state index in [2.05, 4.69) is 22.3 Å². The van der Waals surface area contributed by atoms with Gasteiger partial charge in [0.25, 0.3) is 0 Å². The first kappa shape index (κ1) is 12.6. The highest BCUT2D eigenvalue weighted by atomic mass is 16.5. The van der Waals surface area contributed by atoms with Crippen molar-refractivity contribution in [3.05, 3.63) is 65.7 Å². The highest BCUT2D eigenvalue weighted by molar-refractivity contribution is 5.94. The lowest BCUT2D eigenvalue weighted by Crippen LogP contribution is -2.44. The number of nitrogens with zero attached hydrogens (tertiary/aromatic N) is 1. The van der Waals surface area contributed by atoms with Crippen molar-refractivity contribution in [2.24, 2.45) is 0 Å². The Morgan fingerprint density at radius 2 is 1.81 bits per heavy atom. The molecule has 4 heteroatoms. The molecule has 0 aromatic heterocycles. The first-order valence-electron chi connectivity index (χ1n) is 7.14. The molecule has 106 valence electrons. The number of carbonyl (C=O) groups is 1. The lowest BCUT2D eigenvalue weighted by Gasteiger charge is -2.36. The maximum Gasteiger partial charge on any atom is 0.238 e. The van der Waals surface area contributed by atoms with E-state index in [-0.39, 0.29) is 5.91 Å². The second kappa shape index (κ2) is 4.69. The number of rotatable bonds is 1. The summed E-state index contributed by atoms with van der Waals surface area (Å²) in [5, 5.41) is 2.98. The molecule has 0 aliphatic carbocycles. The molecule has 1 unspecified atom stereocenters. The second-order valence-corrected chi connectivity index (χ2v) is 5.37. The van der Waals surface area contributed by atoms with Gasteiger partial charge in [-0.3, -0.25) is 9.69 Å². The van der Waals surface area contributed by atoms with E-state index in [4.69, 9.17) is 4.74 Å². The van der Waals surface area contributed by atoms with Gasteiger partial charge >= 0.3 is 0 Å². The quantitative estimate of drug-likeness (QED) is 0.870. The van der Waals surface area contributed by atoms with Crippen LogP contribution in [0.25, 0.3) is 0 Å². The van der Waals surface area contributed by atoms with Crippen molar-refractivity contribution in [3.63, 3.8) is 0 Å². The van der Waals surface area contributed by atoms with Gasteiger partial charge in [-0.1, -0.05) is 48.5 Å². The van der Waals surface area contributed by atoms with Crippen LogP contribution in [0.4, 0.5) is 5.69 Å². The van der Waals surface area contributed by atoms with Crippen LogP contribution in [0.1, 0.15) is 11.1 Å². The monoisotopic (exact) mass is 280 g/mol. The molecule has 4 rings (SSSR count). The van der Waals surface area contributed by atoms with Gasteiger partial charge in [-0.05, 0) is 6.07 Å². The van der Waals surface area contributed by atoms with E-state index in [0.29, 0.717) is 13.2 Å². The Balaban J connectivity index is 1.99. The predicted octanol–water partition coefficient (Wildman–Crippen LogP) is 2.17. The molecule has 2 heterocycles. The fraction of sp³-hybridized carbons (Fsp3) is 0.235. The van der Waals surface area contributed by atoms with Gasteiger partial charge in [0.2, 0.25) is 5.91 Å². The van der Waals surface area contributed by atoms with Crippen LogP contribution < -0.4 is 5.32 Å². The summed E-state index contributed by atoms with van der Waals surface area (Å²) < 4.78 is 6.22. The van der Waals surface area contributed by atoms with Gasteiger partial charge in [-0.15, -0.1) is 0 Å². The van der Waals surface area contributed by atoms with Crippen molar-refractivity contribution in [1.29, 1.82) is 0 Å². The Morgan fingerprint density at radius 1 is 1.05 bits per heavy atom. The van der Waals surface area contributed by atoms with Crippen LogP contribution in [-0.4, -0.2) is 30.5 Å². The second-order valence-electron chi connectivity index (χ2n) is 5.37. The topological polar surface area (TPSA) is 41.6 Å². The first-order chi connectivity index (χ1) is 10.3. The zero-order valence-electron chi connectivity index (χ0n) is 11.6. The van der Waals surface area contributed by atoms with Crippen molar-refractivity contribution in [2.75, 3.05) is 25.0 Å². The minimum atomic E-state index is -0.670. The molecule has 0 saturated carbocycles. The summed E-state index contributed by atoms with van der Waals surface area (Å²) in [5.41, 5.74) is 2.22. The Bertz CT molecular complexity index is 686. The molecule has 0 bridgehead atoms. The third-order valence-electron chi connectivity index (χ3n) is 4.18. The van der Waals surface area contributed by atoms with Crippen molar-refractivity contribution in [1.82, 2.24) is 4.90 Å². The Hall–Kier alpha value is -2.17. The normalized spacial score (nSPS) is 24.9. The summed E-state index contributed by atoms with van der Waals surface area (Å²) in [6.07, 6.45) is 0. The van der Waals surface area contributed by atoms with Crippen LogP contribution in [0.3, 0.4) is 0 Å². The lowest BCUT2D eigenvalue weighted by molar-refractivity contribution is -0.120. The average Bonchev–Trinajstić information content (AvgIpc) is 2.88. The molecule has 1 saturated heterocycles. The minimum absolute atomic E-state index is 0.00533. The summed E-state index contributed by atoms with van der Waals surface area (Å²) in [6, 6.07) is 18.0. The molecule has 4 nitrogen and oxygen atoms in total. The van der Waals surface area contributed by atoms with E-state index in [0.717, 1.165) is 23.4 Å². The highest BCUT2D eigenvalue weighted by Gasteiger charge is 2.49. The van der Waals surface area contributed by atoms with Crippen LogP contribution in [-0.2, 0) is 15.3 Å². The molecule has 2 aliphatic heterocycles. The van der Waals surface area contributed by atoms with Crippen LogP contribution in [0.15, 0.2) is 54.6 Å². The molecule has 1 fully saturated rings. The molecule has 2 aromatic carbocycles. The predicted molar refractivity (Wildman–Crippen MR) is 79.8 cm³/mol. The Kier molecular flexibility index (Phi) is 2.80. The van der Waals surface area contributed by atoms with Crippen molar-refractivity contribution in [2.45, 2.75) is 5.72 Å². The van der Waals surface area contributed by atoms with E-state index in [9.17, 15) is 4.79 Å². The fourth-order valence-electron chi connectivity index (χ4n) is 3.33. The molecule has 21 heavy (non-hydrogen) atoms. The standard InChI is InChI=1S/C17H16N2O2/c20-16-12-19-10-11-21-17(19,13-6-2-1-3-7-13)14-8-4-5-9-15(14)18-16/h1-9H,10-12H2,(H,18,20). The van der Waals surface area contributed by atoms with Gasteiger partial charge in [0.05, 0.1) is 13.2 Å². The van der Waals surface area contributed by atoms with Gasteiger partial charge < -0.3 is 10.1 Å². The van der Waals surface area contributed by atoms with Crippen molar-refractivity contribution < 1.29 is 9.53 Å². The van der Waals surface area contributed by atoms with Gasteiger partial charge in [0, 0.05) is 23.4 Å². The molecule has 0 spiro atoms. The molecule has 0 radical (unpaired) electrons. The highest BCUT2D eigenvalue weighted by Crippen LogP contribution is 2.44. The summed E-state index contributed by atoms with van der Waals surface area (Å²) in [6.45, 7) is 1.71. The van der Waals surface area contributed by atoms with E-state index in [1.165, 1.54) is 0 Å². The number of fused-ring (bicyclic) bond motifs is 3.